The van der Waals surface area contributed by atoms with E-state index in [0.717, 1.165) is 0 Å². The van der Waals surface area contributed by atoms with Gasteiger partial charge in [0.15, 0.2) is 5.69 Å². The molecule has 0 saturated carbocycles. The van der Waals surface area contributed by atoms with E-state index in [4.69, 9.17) is 10.7 Å². The van der Waals surface area contributed by atoms with Gasteiger partial charge in [-0.15, -0.1) is 5.11 Å². The molecule has 0 fully saturated rings. The number of hydrogen-bond donors (Lipinski definition) is 1. The SMILES string of the molecule is O=c1c(N=Nc2cccc(S(=O)(=O)Cl)c2)c[nH]n1-c1ccccc1. The van der Waals surface area contributed by atoms with E-state index in [-0.39, 0.29) is 21.8 Å². The molecule has 2 aromatic carbocycles. The third kappa shape index (κ3) is 3.44. The molecule has 3 aromatic rings. The summed E-state index contributed by atoms with van der Waals surface area (Å²) in [5.74, 6) is 0. The summed E-state index contributed by atoms with van der Waals surface area (Å²) in [6, 6.07) is 14.7. The Bertz CT molecular complexity index is 1060. The topological polar surface area (TPSA) is 96.7 Å². The Kier molecular flexibility index (Phi) is 4.32. The number of H-pyrrole nitrogens is 1. The van der Waals surface area contributed by atoms with Crippen LogP contribution in [0.15, 0.2) is 80.7 Å². The lowest BCUT2D eigenvalue weighted by Gasteiger charge is -1.98. The Labute approximate surface area is 141 Å². The van der Waals surface area contributed by atoms with Crippen LogP contribution in [0.1, 0.15) is 0 Å². The van der Waals surface area contributed by atoms with Crippen molar-refractivity contribution in [3.05, 3.63) is 71.1 Å². The van der Waals surface area contributed by atoms with Gasteiger partial charge in [0.1, 0.15) is 0 Å². The van der Waals surface area contributed by atoms with Gasteiger partial charge < -0.3 is 0 Å². The smallest absolute Gasteiger partial charge is 0.296 e. The first-order valence-electron chi connectivity index (χ1n) is 6.77. The first-order chi connectivity index (χ1) is 11.4. The van der Waals surface area contributed by atoms with Crippen molar-refractivity contribution < 1.29 is 8.42 Å². The zero-order valence-corrected chi connectivity index (χ0v) is 13.7. The van der Waals surface area contributed by atoms with Crippen LogP contribution in [0.3, 0.4) is 0 Å². The van der Waals surface area contributed by atoms with Crippen molar-refractivity contribution >= 4 is 31.1 Å². The summed E-state index contributed by atoms with van der Waals surface area (Å²) in [5, 5.41) is 10.6. The fraction of sp³-hybridized carbons (Fsp3) is 0. The van der Waals surface area contributed by atoms with E-state index in [0.29, 0.717) is 5.69 Å². The standard InChI is InChI=1S/C15H11ClN4O3S/c16-24(22,23)13-8-4-5-11(9-13)18-19-14-10-17-20(15(14)21)12-6-2-1-3-7-12/h1-10,17H. The van der Waals surface area contributed by atoms with E-state index in [1.807, 2.05) is 18.2 Å². The van der Waals surface area contributed by atoms with Gasteiger partial charge in [-0.1, -0.05) is 24.3 Å². The first kappa shape index (κ1) is 16.2. The highest BCUT2D eigenvalue weighted by Gasteiger charge is 2.10. The average molecular weight is 363 g/mol. The van der Waals surface area contributed by atoms with Crippen LogP contribution in [0.2, 0.25) is 0 Å². The molecule has 0 atom stereocenters. The second-order valence-corrected chi connectivity index (χ2v) is 7.34. The van der Waals surface area contributed by atoms with Crippen molar-refractivity contribution in [1.29, 1.82) is 0 Å². The number of rotatable bonds is 4. The van der Waals surface area contributed by atoms with Crippen LogP contribution in [-0.2, 0) is 9.05 Å². The van der Waals surface area contributed by atoms with E-state index < -0.39 is 9.05 Å². The molecule has 0 saturated heterocycles. The monoisotopic (exact) mass is 362 g/mol. The predicted octanol–water partition coefficient (Wildman–Crippen LogP) is 3.51. The second kappa shape index (κ2) is 6.42. The summed E-state index contributed by atoms with van der Waals surface area (Å²) in [6.45, 7) is 0. The molecular formula is C15H11ClN4O3S. The molecule has 1 aromatic heterocycles. The summed E-state index contributed by atoms with van der Waals surface area (Å²) < 4.78 is 23.9. The minimum absolute atomic E-state index is 0.0867. The third-order valence-corrected chi connectivity index (χ3v) is 4.49. The van der Waals surface area contributed by atoms with Gasteiger partial charge in [0.05, 0.1) is 22.5 Å². The van der Waals surface area contributed by atoms with E-state index in [1.165, 1.54) is 29.1 Å². The van der Waals surface area contributed by atoms with Crippen molar-refractivity contribution in [3.8, 4) is 5.69 Å². The molecule has 3 rings (SSSR count). The van der Waals surface area contributed by atoms with Gasteiger partial charge in [0, 0.05) is 10.7 Å². The molecule has 24 heavy (non-hydrogen) atoms. The van der Waals surface area contributed by atoms with Crippen molar-refractivity contribution in [2.45, 2.75) is 4.90 Å². The van der Waals surface area contributed by atoms with Crippen LogP contribution in [0.5, 0.6) is 0 Å². The Morgan fingerprint density at radius 2 is 1.75 bits per heavy atom. The fourth-order valence-corrected chi connectivity index (χ4v) is 2.80. The average Bonchev–Trinajstić information content (AvgIpc) is 2.94. The number of para-hydroxylation sites is 1. The molecule has 1 N–H and O–H groups in total. The van der Waals surface area contributed by atoms with Crippen molar-refractivity contribution in [3.63, 3.8) is 0 Å². The maximum Gasteiger partial charge on any atom is 0.298 e. The number of nitrogens with zero attached hydrogens (tertiary/aromatic N) is 3. The molecule has 0 spiro atoms. The highest BCUT2D eigenvalue weighted by molar-refractivity contribution is 8.13. The van der Waals surface area contributed by atoms with Gasteiger partial charge in [-0.2, -0.15) is 5.11 Å². The van der Waals surface area contributed by atoms with E-state index in [1.54, 1.807) is 18.2 Å². The largest absolute Gasteiger partial charge is 0.298 e. The zero-order chi connectivity index (χ0) is 17.2. The Balaban J connectivity index is 1.92. The summed E-state index contributed by atoms with van der Waals surface area (Å²) >= 11 is 0. The molecule has 122 valence electrons. The van der Waals surface area contributed by atoms with E-state index in [9.17, 15) is 13.2 Å². The lowest BCUT2D eigenvalue weighted by atomic mass is 10.3. The predicted molar refractivity (Wildman–Crippen MR) is 90.0 cm³/mol. The number of benzene rings is 2. The first-order valence-corrected chi connectivity index (χ1v) is 9.08. The number of aromatic nitrogens is 2. The normalized spacial score (nSPS) is 11.9. The lowest BCUT2D eigenvalue weighted by molar-refractivity contribution is 0.609. The van der Waals surface area contributed by atoms with Gasteiger partial charge in [-0.3, -0.25) is 9.89 Å². The van der Waals surface area contributed by atoms with Crippen LogP contribution in [0, 0.1) is 0 Å². The number of aromatic amines is 1. The van der Waals surface area contributed by atoms with Crippen molar-refractivity contribution in [1.82, 2.24) is 9.78 Å². The molecule has 0 amide bonds. The summed E-state index contributed by atoms with van der Waals surface area (Å²) in [6.07, 6.45) is 1.42. The summed E-state index contributed by atoms with van der Waals surface area (Å²) in [7, 11) is 1.44. The Morgan fingerprint density at radius 1 is 1.00 bits per heavy atom. The summed E-state index contributed by atoms with van der Waals surface area (Å²) in [5.41, 5.74) is 0.659. The molecular weight excluding hydrogens is 352 g/mol. The molecule has 0 radical (unpaired) electrons. The van der Waals surface area contributed by atoms with Crippen LogP contribution in [0.25, 0.3) is 5.69 Å². The van der Waals surface area contributed by atoms with Crippen LogP contribution < -0.4 is 5.56 Å². The lowest BCUT2D eigenvalue weighted by Crippen LogP contribution is -2.13. The van der Waals surface area contributed by atoms with Crippen molar-refractivity contribution in [2.24, 2.45) is 10.2 Å². The quantitative estimate of drug-likeness (QED) is 0.568. The number of hydrogen-bond acceptors (Lipinski definition) is 5. The second-order valence-electron chi connectivity index (χ2n) is 4.77. The Morgan fingerprint density at radius 3 is 2.46 bits per heavy atom. The number of azo groups is 1. The highest BCUT2D eigenvalue weighted by Crippen LogP contribution is 2.22. The highest BCUT2D eigenvalue weighted by atomic mass is 35.7. The van der Waals surface area contributed by atoms with Gasteiger partial charge in [0.25, 0.3) is 14.6 Å². The fourth-order valence-electron chi connectivity index (χ4n) is 2.01. The maximum absolute atomic E-state index is 12.3. The molecule has 0 aliphatic rings. The maximum atomic E-state index is 12.3. The van der Waals surface area contributed by atoms with E-state index in [2.05, 4.69) is 15.3 Å². The molecule has 1 heterocycles. The van der Waals surface area contributed by atoms with E-state index >= 15 is 0 Å². The number of halogens is 1. The molecule has 0 unspecified atom stereocenters. The molecule has 0 aliphatic heterocycles. The Hall–Kier alpha value is -2.71. The van der Waals surface area contributed by atoms with Crippen LogP contribution in [0.4, 0.5) is 11.4 Å². The van der Waals surface area contributed by atoms with Gasteiger partial charge in [-0.05, 0) is 30.3 Å². The third-order valence-electron chi connectivity index (χ3n) is 3.14. The molecule has 0 bridgehead atoms. The molecule has 0 aliphatic carbocycles. The van der Waals surface area contributed by atoms with Crippen LogP contribution in [-0.4, -0.2) is 18.2 Å². The number of nitrogens with one attached hydrogen (secondary N) is 1. The minimum atomic E-state index is -3.85. The minimum Gasteiger partial charge on any atom is -0.296 e. The van der Waals surface area contributed by atoms with Gasteiger partial charge in [-0.25, -0.2) is 13.1 Å². The van der Waals surface area contributed by atoms with Gasteiger partial charge in [0.2, 0.25) is 0 Å². The molecule has 7 nitrogen and oxygen atoms in total. The van der Waals surface area contributed by atoms with Crippen molar-refractivity contribution in [2.75, 3.05) is 0 Å². The summed E-state index contributed by atoms with van der Waals surface area (Å²) in [4.78, 5) is 12.2. The zero-order valence-electron chi connectivity index (χ0n) is 12.1. The molecule has 9 heteroatoms. The van der Waals surface area contributed by atoms with Crippen LogP contribution >= 0.6 is 10.7 Å². The van der Waals surface area contributed by atoms with Gasteiger partial charge >= 0.3 is 0 Å².